The molecule has 0 radical (unpaired) electrons. The Morgan fingerprint density at radius 2 is 1.73 bits per heavy atom. The van der Waals surface area contributed by atoms with Crippen LogP contribution in [0.15, 0.2) is 54.6 Å². The Morgan fingerprint density at radius 1 is 1.14 bits per heavy atom. The Hall–Kier alpha value is -2.89. The molecule has 2 rings (SSSR count). The van der Waals surface area contributed by atoms with E-state index in [1.54, 1.807) is 38.2 Å². The molecule has 22 heavy (non-hydrogen) atoms. The summed E-state index contributed by atoms with van der Waals surface area (Å²) in [7, 11) is 1.64. The number of nitro benzene ring substituents is 1. The zero-order chi connectivity index (χ0) is 16.1. The summed E-state index contributed by atoms with van der Waals surface area (Å²) in [6.45, 7) is 1.57. The molecule has 0 aliphatic rings. The van der Waals surface area contributed by atoms with E-state index in [2.05, 4.69) is 0 Å². The van der Waals surface area contributed by atoms with Crippen LogP contribution >= 0.6 is 0 Å². The molecular weight excluding hydrogens is 284 g/mol. The number of carbonyl (C=O) groups is 1. The van der Waals surface area contributed by atoms with Crippen molar-refractivity contribution in [1.82, 2.24) is 0 Å². The topological polar surface area (TPSA) is 72.7 Å². The number of amides is 1. The second-order valence-electron chi connectivity index (χ2n) is 4.72. The smallest absolute Gasteiger partial charge is 0.310 e. The van der Waals surface area contributed by atoms with Crippen molar-refractivity contribution in [3.05, 3.63) is 64.7 Å². The molecule has 114 valence electrons. The van der Waals surface area contributed by atoms with E-state index in [1.165, 1.54) is 17.0 Å². The summed E-state index contributed by atoms with van der Waals surface area (Å²) in [5, 5.41) is 11.0. The van der Waals surface area contributed by atoms with Gasteiger partial charge < -0.3 is 9.64 Å². The molecule has 0 aliphatic heterocycles. The van der Waals surface area contributed by atoms with Gasteiger partial charge in [0.05, 0.1) is 4.92 Å². The Labute approximate surface area is 128 Å². The average Bonchev–Trinajstić information content (AvgIpc) is 2.54. The fourth-order valence-corrected chi connectivity index (χ4v) is 2.00. The summed E-state index contributed by atoms with van der Waals surface area (Å²) in [6, 6.07) is 15.1. The molecule has 0 N–H and O–H groups in total. The highest BCUT2D eigenvalue weighted by Gasteiger charge is 2.23. The maximum absolute atomic E-state index is 12.4. The number of likely N-dealkylation sites (N-methyl/N-ethyl adjacent to an activating group) is 1. The Balaban J connectivity index is 2.14. The Morgan fingerprint density at radius 3 is 2.36 bits per heavy atom. The molecule has 0 heterocycles. The molecule has 6 nitrogen and oxygen atoms in total. The summed E-state index contributed by atoms with van der Waals surface area (Å²) >= 11 is 0. The number of rotatable bonds is 5. The van der Waals surface area contributed by atoms with E-state index < -0.39 is 11.0 Å². The quantitative estimate of drug-likeness (QED) is 0.628. The summed E-state index contributed by atoms with van der Waals surface area (Å²) in [5.41, 5.74) is 0.565. The monoisotopic (exact) mass is 300 g/mol. The highest BCUT2D eigenvalue weighted by Crippen LogP contribution is 2.27. The number of anilines is 1. The van der Waals surface area contributed by atoms with E-state index >= 15 is 0 Å². The number of nitro groups is 1. The van der Waals surface area contributed by atoms with Gasteiger partial charge in [-0.25, -0.2) is 0 Å². The van der Waals surface area contributed by atoms with Crippen LogP contribution in [0.3, 0.4) is 0 Å². The first-order chi connectivity index (χ1) is 10.5. The fourth-order valence-electron chi connectivity index (χ4n) is 2.00. The van der Waals surface area contributed by atoms with E-state index in [0.29, 0.717) is 0 Å². The van der Waals surface area contributed by atoms with Crippen molar-refractivity contribution >= 4 is 17.3 Å². The van der Waals surface area contributed by atoms with Crippen molar-refractivity contribution in [2.45, 2.75) is 13.0 Å². The molecule has 0 bridgehead atoms. The first kappa shape index (κ1) is 15.5. The number of ether oxygens (including phenoxy) is 1. The van der Waals surface area contributed by atoms with Crippen molar-refractivity contribution < 1.29 is 14.5 Å². The highest BCUT2D eigenvalue weighted by molar-refractivity contribution is 5.96. The lowest BCUT2D eigenvalue weighted by molar-refractivity contribution is -0.386. The first-order valence-electron chi connectivity index (χ1n) is 6.73. The van der Waals surface area contributed by atoms with Gasteiger partial charge in [-0.15, -0.1) is 0 Å². The molecule has 0 aliphatic carbocycles. The zero-order valence-corrected chi connectivity index (χ0v) is 12.3. The van der Waals surface area contributed by atoms with Crippen LogP contribution in [0.4, 0.5) is 11.4 Å². The summed E-state index contributed by atoms with van der Waals surface area (Å²) in [5.74, 6) is -0.209. The van der Waals surface area contributed by atoms with E-state index in [1.807, 2.05) is 18.2 Å². The normalized spacial score (nSPS) is 11.5. The second kappa shape index (κ2) is 6.71. The third-order valence-corrected chi connectivity index (χ3v) is 3.19. The van der Waals surface area contributed by atoms with Gasteiger partial charge in [-0.1, -0.05) is 30.3 Å². The van der Waals surface area contributed by atoms with Crippen molar-refractivity contribution in [3.8, 4) is 5.75 Å². The van der Waals surface area contributed by atoms with Crippen LogP contribution in [0.1, 0.15) is 6.92 Å². The van der Waals surface area contributed by atoms with Crippen molar-refractivity contribution in [2.75, 3.05) is 11.9 Å². The molecular formula is C16H16N2O4. The number of nitrogens with zero attached hydrogens (tertiary/aromatic N) is 2. The predicted molar refractivity (Wildman–Crippen MR) is 83.0 cm³/mol. The molecule has 0 saturated carbocycles. The molecule has 0 spiro atoms. The maximum atomic E-state index is 12.4. The fraction of sp³-hybridized carbons (Fsp3) is 0.188. The Kier molecular flexibility index (Phi) is 4.73. The third-order valence-electron chi connectivity index (χ3n) is 3.19. The van der Waals surface area contributed by atoms with E-state index in [9.17, 15) is 14.9 Å². The van der Waals surface area contributed by atoms with Gasteiger partial charge in [0.2, 0.25) is 0 Å². The summed E-state index contributed by atoms with van der Waals surface area (Å²) in [4.78, 5) is 24.2. The molecule has 0 fully saturated rings. The van der Waals surface area contributed by atoms with Gasteiger partial charge in [-0.2, -0.15) is 0 Å². The van der Waals surface area contributed by atoms with Crippen LogP contribution in [0.5, 0.6) is 5.75 Å². The van der Waals surface area contributed by atoms with Crippen LogP contribution < -0.4 is 9.64 Å². The van der Waals surface area contributed by atoms with Gasteiger partial charge >= 0.3 is 5.69 Å². The number of carbonyl (C=O) groups excluding carboxylic acids is 1. The summed E-state index contributed by atoms with van der Waals surface area (Å²) < 4.78 is 5.48. The van der Waals surface area contributed by atoms with E-state index in [4.69, 9.17) is 4.74 Å². The molecule has 0 unspecified atom stereocenters. The van der Waals surface area contributed by atoms with Crippen LogP contribution in [0.2, 0.25) is 0 Å². The SMILES string of the molecule is C[C@@H](Oc1ccccc1[N+](=O)[O-])C(=O)N(C)c1ccccc1. The first-order valence-corrected chi connectivity index (χ1v) is 6.73. The number of hydrogen-bond donors (Lipinski definition) is 0. The zero-order valence-electron chi connectivity index (χ0n) is 12.3. The van der Waals surface area contributed by atoms with Crippen molar-refractivity contribution in [1.29, 1.82) is 0 Å². The second-order valence-corrected chi connectivity index (χ2v) is 4.72. The van der Waals surface area contributed by atoms with Gasteiger partial charge in [0.15, 0.2) is 11.9 Å². The minimum absolute atomic E-state index is 0.0785. The minimum Gasteiger partial charge on any atom is -0.474 e. The van der Waals surface area contributed by atoms with Crippen LogP contribution in [0, 0.1) is 10.1 Å². The van der Waals surface area contributed by atoms with Gasteiger partial charge in [0, 0.05) is 18.8 Å². The van der Waals surface area contributed by atoms with Crippen molar-refractivity contribution in [3.63, 3.8) is 0 Å². The van der Waals surface area contributed by atoms with Gasteiger partial charge in [-0.3, -0.25) is 14.9 Å². The highest BCUT2D eigenvalue weighted by atomic mass is 16.6. The molecule has 1 atom stereocenters. The number of hydrogen-bond acceptors (Lipinski definition) is 4. The van der Waals surface area contributed by atoms with Crippen LogP contribution in [-0.4, -0.2) is 24.0 Å². The van der Waals surface area contributed by atoms with Gasteiger partial charge in [-0.05, 0) is 25.1 Å². The van der Waals surface area contributed by atoms with E-state index in [0.717, 1.165) is 5.69 Å². The van der Waals surface area contributed by atoms with Crippen LogP contribution in [-0.2, 0) is 4.79 Å². The van der Waals surface area contributed by atoms with Crippen LogP contribution in [0.25, 0.3) is 0 Å². The standard InChI is InChI=1S/C16H16N2O4/c1-12(16(19)17(2)13-8-4-3-5-9-13)22-15-11-7-6-10-14(15)18(20)21/h3-12H,1-2H3/t12-/m1/s1. The number of benzene rings is 2. The largest absolute Gasteiger partial charge is 0.474 e. The maximum Gasteiger partial charge on any atom is 0.310 e. The third kappa shape index (κ3) is 3.41. The van der Waals surface area contributed by atoms with E-state index in [-0.39, 0.29) is 17.3 Å². The minimum atomic E-state index is -0.841. The van der Waals surface area contributed by atoms with Gasteiger partial charge in [0.25, 0.3) is 5.91 Å². The molecule has 2 aromatic rings. The molecule has 0 saturated heterocycles. The number of para-hydroxylation sites is 3. The molecule has 0 aromatic heterocycles. The lowest BCUT2D eigenvalue weighted by atomic mass is 10.2. The van der Waals surface area contributed by atoms with Gasteiger partial charge in [0.1, 0.15) is 0 Å². The molecule has 6 heteroatoms. The molecule has 2 aromatic carbocycles. The summed E-state index contributed by atoms with van der Waals surface area (Å²) in [6.07, 6.45) is -0.841. The lowest BCUT2D eigenvalue weighted by Gasteiger charge is -2.22. The predicted octanol–water partition coefficient (Wildman–Crippen LogP) is 3.03. The Bertz CT molecular complexity index is 673. The lowest BCUT2D eigenvalue weighted by Crippen LogP contribution is -2.38. The molecule has 1 amide bonds. The average molecular weight is 300 g/mol. The van der Waals surface area contributed by atoms with Crippen molar-refractivity contribution in [2.24, 2.45) is 0 Å².